The molecule has 0 unspecified atom stereocenters. The molecule has 0 aromatic heterocycles. The lowest BCUT2D eigenvalue weighted by atomic mass is 9.99. The molecular weight excluding hydrogens is 156 g/mol. The Morgan fingerprint density at radius 1 is 1.75 bits per heavy atom. The SMILES string of the molecule is C[C@]12CC[C@H](CNC1)N2C(=O)O. The second-order valence-electron chi connectivity index (χ2n) is 3.97. The van der Waals surface area contributed by atoms with Crippen molar-refractivity contribution in [2.24, 2.45) is 0 Å². The van der Waals surface area contributed by atoms with Crippen molar-refractivity contribution in [3.8, 4) is 0 Å². The van der Waals surface area contributed by atoms with Gasteiger partial charge in [-0.25, -0.2) is 4.79 Å². The fraction of sp³-hybridized carbons (Fsp3) is 0.875. The molecule has 0 aliphatic carbocycles. The van der Waals surface area contributed by atoms with Crippen LogP contribution in [0.1, 0.15) is 19.8 Å². The molecule has 0 aromatic rings. The van der Waals surface area contributed by atoms with Crippen molar-refractivity contribution >= 4 is 6.09 Å². The van der Waals surface area contributed by atoms with Gasteiger partial charge in [-0.3, -0.25) is 4.90 Å². The molecule has 2 saturated heterocycles. The molecule has 2 rings (SSSR count). The lowest BCUT2D eigenvalue weighted by Gasteiger charge is -2.40. The van der Waals surface area contributed by atoms with Gasteiger partial charge in [0.25, 0.3) is 0 Å². The van der Waals surface area contributed by atoms with E-state index < -0.39 is 6.09 Å². The van der Waals surface area contributed by atoms with E-state index in [0.717, 1.165) is 25.9 Å². The molecule has 2 atom stereocenters. The van der Waals surface area contributed by atoms with E-state index in [-0.39, 0.29) is 11.6 Å². The monoisotopic (exact) mass is 170 g/mol. The van der Waals surface area contributed by atoms with Crippen molar-refractivity contribution < 1.29 is 9.90 Å². The molecule has 4 nitrogen and oxygen atoms in total. The van der Waals surface area contributed by atoms with Crippen molar-refractivity contribution in [1.82, 2.24) is 10.2 Å². The predicted octanol–water partition coefficient (Wildman–Crippen LogP) is 0.491. The molecule has 2 aliphatic heterocycles. The van der Waals surface area contributed by atoms with Gasteiger partial charge in [-0.05, 0) is 19.8 Å². The molecule has 2 aliphatic rings. The highest BCUT2D eigenvalue weighted by Crippen LogP contribution is 2.35. The van der Waals surface area contributed by atoms with Crippen LogP contribution in [0.15, 0.2) is 0 Å². The first-order valence-corrected chi connectivity index (χ1v) is 4.36. The molecule has 0 radical (unpaired) electrons. The Morgan fingerprint density at radius 2 is 2.50 bits per heavy atom. The highest BCUT2D eigenvalue weighted by atomic mass is 16.4. The van der Waals surface area contributed by atoms with Gasteiger partial charge in [-0.2, -0.15) is 0 Å². The smallest absolute Gasteiger partial charge is 0.408 e. The standard InChI is InChI=1S/C8H14N2O2/c1-8-3-2-6(4-9-5-8)10(8)7(11)12/h6,9H,2-5H2,1H3,(H,11,12)/t6-,8+/m1/s1. The Kier molecular flexibility index (Phi) is 1.54. The quantitative estimate of drug-likeness (QED) is 0.556. The Bertz CT molecular complexity index is 215. The van der Waals surface area contributed by atoms with Crippen molar-refractivity contribution in [2.45, 2.75) is 31.3 Å². The summed E-state index contributed by atoms with van der Waals surface area (Å²) in [5.74, 6) is 0. The van der Waals surface area contributed by atoms with Gasteiger partial charge in [0, 0.05) is 19.1 Å². The Morgan fingerprint density at radius 3 is 3.00 bits per heavy atom. The number of hydrogen-bond donors (Lipinski definition) is 2. The average Bonchev–Trinajstić information content (AvgIpc) is 2.18. The summed E-state index contributed by atoms with van der Waals surface area (Å²) in [6.45, 7) is 3.64. The van der Waals surface area contributed by atoms with Gasteiger partial charge >= 0.3 is 6.09 Å². The van der Waals surface area contributed by atoms with Gasteiger partial charge in [-0.1, -0.05) is 0 Å². The minimum Gasteiger partial charge on any atom is -0.465 e. The molecule has 12 heavy (non-hydrogen) atoms. The Labute approximate surface area is 71.5 Å². The second kappa shape index (κ2) is 2.36. The van der Waals surface area contributed by atoms with E-state index in [0.29, 0.717) is 0 Å². The Balaban J connectivity index is 2.26. The number of nitrogens with zero attached hydrogens (tertiary/aromatic N) is 1. The van der Waals surface area contributed by atoms with Crippen LogP contribution in [-0.2, 0) is 0 Å². The first-order valence-electron chi connectivity index (χ1n) is 4.36. The van der Waals surface area contributed by atoms with Crippen molar-refractivity contribution in [1.29, 1.82) is 0 Å². The lowest BCUT2D eigenvalue weighted by molar-refractivity contribution is 0.0704. The van der Waals surface area contributed by atoms with Crippen LogP contribution in [0.4, 0.5) is 4.79 Å². The molecule has 68 valence electrons. The van der Waals surface area contributed by atoms with Crippen LogP contribution in [0, 0.1) is 0 Å². The fourth-order valence-electron chi connectivity index (χ4n) is 2.43. The maximum absolute atomic E-state index is 10.9. The van der Waals surface area contributed by atoms with Gasteiger partial charge < -0.3 is 10.4 Å². The summed E-state index contributed by atoms with van der Waals surface area (Å²) >= 11 is 0. The zero-order valence-electron chi connectivity index (χ0n) is 7.21. The van der Waals surface area contributed by atoms with Crippen molar-refractivity contribution in [3.05, 3.63) is 0 Å². The summed E-state index contributed by atoms with van der Waals surface area (Å²) in [5.41, 5.74) is -0.144. The van der Waals surface area contributed by atoms with Gasteiger partial charge in [0.05, 0.1) is 5.54 Å². The Hall–Kier alpha value is -0.770. The summed E-state index contributed by atoms with van der Waals surface area (Å²) < 4.78 is 0. The van der Waals surface area contributed by atoms with Gasteiger partial charge in [-0.15, -0.1) is 0 Å². The van der Waals surface area contributed by atoms with E-state index >= 15 is 0 Å². The highest BCUT2D eigenvalue weighted by molar-refractivity contribution is 5.67. The first-order chi connectivity index (χ1) is 5.63. The summed E-state index contributed by atoms with van der Waals surface area (Å²) in [7, 11) is 0. The number of rotatable bonds is 0. The molecule has 2 bridgehead atoms. The maximum Gasteiger partial charge on any atom is 0.408 e. The number of amides is 1. The summed E-state index contributed by atoms with van der Waals surface area (Å²) in [4.78, 5) is 12.5. The first kappa shape index (κ1) is 7.86. The van der Waals surface area contributed by atoms with Crippen LogP contribution in [-0.4, -0.2) is 40.8 Å². The normalized spacial score (nSPS) is 40.1. The van der Waals surface area contributed by atoms with Crippen LogP contribution >= 0.6 is 0 Å². The van der Waals surface area contributed by atoms with Crippen molar-refractivity contribution in [2.75, 3.05) is 13.1 Å². The molecule has 0 saturated carbocycles. The summed E-state index contributed by atoms with van der Waals surface area (Å²) in [6, 6.07) is 0.209. The van der Waals surface area contributed by atoms with E-state index in [1.165, 1.54) is 0 Å². The molecule has 2 N–H and O–H groups in total. The third-order valence-electron chi connectivity index (χ3n) is 3.05. The number of carboxylic acid groups (broad SMARTS) is 1. The zero-order valence-corrected chi connectivity index (χ0v) is 7.21. The average molecular weight is 170 g/mol. The number of nitrogens with one attached hydrogen (secondary N) is 1. The van der Waals surface area contributed by atoms with Crippen LogP contribution in [0.25, 0.3) is 0 Å². The lowest BCUT2D eigenvalue weighted by Crippen LogP contribution is -2.60. The van der Waals surface area contributed by atoms with Gasteiger partial charge in [0.1, 0.15) is 0 Å². The molecule has 0 aromatic carbocycles. The molecule has 2 heterocycles. The maximum atomic E-state index is 10.9. The van der Waals surface area contributed by atoms with Crippen LogP contribution < -0.4 is 5.32 Å². The minimum atomic E-state index is -0.762. The van der Waals surface area contributed by atoms with Crippen LogP contribution in [0.3, 0.4) is 0 Å². The van der Waals surface area contributed by atoms with Crippen LogP contribution in [0.5, 0.6) is 0 Å². The number of fused-ring (bicyclic) bond motifs is 2. The predicted molar refractivity (Wildman–Crippen MR) is 44.2 cm³/mol. The zero-order chi connectivity index (χ0) is 8.77. The minimum absolute atomic E-state index is 0.144. The molecule has 0 spiro atoms. The fourth-order valence-corrected chi connectivity index (χ4v) is 2.43. The summed E-state index contributed by atoms with van der Waals surface area (Å²) in [6.07, 6.45) is 1.24. The highest BCUT2D eigenvalue weighted by Gasteiger charge is 2.48. The van der Waals surface area contributed by atoms with Crippen LogP contribution in [0.2, 0.25) is 0 Å². The third-order valence-corrected chi connectivity index (χ3v) is 3.05. The number of carbonyl (C=O) groups is 1. The van der Waals surface area contributed by atoms with E-state index in [2.05, 4.69) is 5.32 Å². The largest absolute Gasteiger partial charge is 0.465 e. The number of hydrogen-bond acceptors (Lipinski definition) is 2. The van der Waals surface area contributed by atoms with E-state index in [4.69, 9.17) is 5.11 Å². The molecule has 2 fully saturated rings. The molecule has 1 amide bonds. The third kappa shape index (κ3) is 0.909. The molecule has 4 heteroatoms. The van der Waals surface area contributed by atoms with Crippen molar-refractivity contribution in [3.63, 3.8) is 0 Å². The number of piperazine rings is 1. The van der Waals surface area contributed by atoms with Gasteiger partial charge in [0.2, 0.25) is 0 Å². The van der Waals surface area contributed by atoms with Gasteiger partial charge in [0.15, 0.2) is 0 Å². The van der Waals surface area contributed by atoms with E-state index in [9.17, 15) is 4.79 Å². The van der Waals surface area contributed by atoms with E-state index in [1.54, 1.807) is 4.90 Å². The van der Waals surface area contributed by atoms with E-state index in [1.807, 2.05) is 6.92 Å². The summed E-state index contributed by atoms with van der Waals surface area (Å²) in [5, 5.41) is 12.2. The second-order valence-corrected chi connectivity index (χ2v) is 3.97. The topological polar surface area (TPSA) is 52.6 Å². The molecular formula is C8H14N2O2.